The minimum Gasteiger partial charge on any atom is -0.342 e. The lowest BCUT2D eigenvalue weighted by Crippen LogP contribution is -2.52. The number of carbonyl (C=O) groups excluding carboxylic acids is 1. The quantitative estimate of drug-likeness (QED) is 0.711. The van der Waals surface area contributed by atoms with Crippen LogP contribution >= 0.6 is 0 Å². The van der Waals surface area contributed by atoms with Gasteiger partial charge in [0.05, 0.1) is 16.4 Å². The number of nitrogens with zero attached hydrogens (tertiary/aromatic N) is 2. The third-order valence-electron chi connectivity index (χ3n) is 6.92. The van der Waals surface area contributed by atoms with Crippen molar-refractivity contribution in [3.63, 3.8) is 0 Å². The van der Waals surface area contributed by atoms with Gasteiger partial charge in [-0.1, -0.05) is 18.9 Å². The zero-order chi connectivity index (χ0) is 23.1. The Hall–Kier alpha value is -1.65. The standard InChI is InChI=1S/C22H30F3N3O3S/c23-22(24,25)15-4-3-5-18(14-15)32(30,31)28(16-8-9-16)17-10-12-27(13-11-17)21(29)19-6-1-2-7-20(19)26/h3-5,14,16-17,19-20H,1-2,6-13,26H2/t19-,20+/m0/s1. The predicted octanol–water partition coefficient (Wildman–Crippen LogP) is 3.37. The molecule has 1 heterocycles. The van der Waals surface area contributed by atoms with E-state index in [1.165, 1.54) is 10.4 Å². The van der Waals surface area contributed by atoms with Crippen molar-refractivity contribution in [3.8, 4) is 0 Å². The number of halogens is 3. The summed E-state index contributed by atoms with van der Waals surface area (Å²) in [5.74, 6) is -0.122. The van der Waals surface area contributed by atoms with Crippen LogP contribution in [0.1, 0.15) is 56.9 Å². The molecule has 0 aromatic heterocycles. The van der Waals surface area contributed by atoms with Gasteiger partial charge in [0.15, 0.2) is 0 Å². The monoisotopic (exact) mass is 473 g/mol. The van der Waals surface area contributed by atoms with Gasteiger partial charge in [0, 0.05) is 31.2 Å². The maximum atomic E-state index is 13.4. The molecule has 1 aliphatic heterocycles. The molecule has 2 saturated carbocycles. The van der Waals surface area contributed by atoms with E-state index >= 15 is 0 Å². The molecule has 3 fully saturated rings. The molecule has 178 valence electrons. The predicted molar refractivity (Wildman–Crippen MR) is 113 cm³/mol. The Morgan fingerprint density at radius 3 is 2.22 bits per heavy atom. The van der Waals surface area contributed by atoms with Crippen molar-refractivity contribution in [3.05, 3.63) is 29.8 Å². The highest BCUT2D eigenvalue weighted by Gasteiger charge is 2.45. The first kappa shape index (κ1) is 23.5. The van der Waals surface area contributed by atoms with E-state index in [1.54, 1.807) is 4.90 Å². The zero-order valence-corrected chi connectivity index (χ0v) is 18.7. The van der Waals surface area contributed by atoms with Gasteiger partial charge in [-0.2, -0.15) is 17.5 Å². The second kappa shape index (κ2) is 8.95. The van der Waals surface area contributed by atoms with Crippen LogP contribution in [0.4, 0.5) is 13.2 Å². The average Bonchev–Trinajstić information content (AvgIpc) is 3.58. The summed E-state index contributed by atoms with van der Waals surface area (Å²) in [7, 11) is -4.08. The molecule has 1 saturated heterocycles. The van der Waals surface area contributed by atoms with Crippen molar-refractivity contribution < 1.29 is 26.4 Å². The number of piperidine rings is 1. The lowest BCUT2D eigenvalue weighted by molar-refractivity contribution is -0.139. The number of carbonyl (C=O) groups is 1. The molecule has 2 aliphatic carbocycles. The highest BCUT2D eigenvalue weighted by molar-refractivity contribution is 7.89. The van der Waals surface area contributed by atoms with Crippen LogP contribution in [0.25, 0.3) is 0 Å². The molecule has 32 heavy (non-hydrogen) atoms. The molecule has 4 rings (SSSR count). The maximum Gasteiger partial charge on any atom is 0.416 e. The van der Waals surface area contributed by atoms with E-state index in [0.29, 0.717) is 44.8 Å². The maximum absolute atomic E-state index is 13.4. The number of nitrogens with two attached hydrogens (primary N) is 1. The van der Waals surface area contributed by atoms with Crippen molar-refractivity contribution >= 4 is 15.9 Å². The molecule has 1 aromatic carbocycles. The van der Waals surface area contributed by atoms with Crippen LogP contribution in [0.3, 0.4) is 0 Å². The number of likely N-dealkylation sites (tertiary alicyclic amines) is 1. The van der Waals surface area contributed by atoms with Crippen LogP contribution < -0.4 is 5.73 Å². The fourth-order valence-electron chi connectivity index (χ4n) is 5.02. The van der Waals surface area contributed by atoms with Crippen LogP contribution in [0.2, 0.25) is 0 Å². The van der Waals surface area contributed by atoms with E-state index in [9.17, 15) is 26.4 Å². The van der Waals surface area contributed by atoms with Crippen molar-refractivity contribution in [2.45, 2.75) is 80.6 Å². The van der Waals surface area contributed by atoms with E-state index in [-0.39, 0.29) is 34.8 Å². The Kier molecular flexibility index (Phi) is 6.57. The van der Waals surface area contributed by atoms with Gasteiger partial charge in [-0.3, -0.25) is 4.79 Å². The van der Waals surface area contributed by atoms with Crippen molar-refractivity contribution in [1.82, 2.24) is 9.21 Å². The second-order valence-electron chi connectivity index (χ2n) is 9.20. The van der Waals surface area contributed by atoms with Crippen LogP contribution in [0.15, 0.2) is 29.2 Å². The number of benzene rings is 1. The highest BCUT2D eigenvalue weighted by Crippen LogP contribution is 2.38. The highest BCUT2D eigenvalue weighted by atomic mass is 32.2. The van der Waals surface area contributed by atoms with E-state index in [4.69, 9.17) is 5.73 Å². The Bertz CT molecular complexity index is 941. The van der Waals surface area contributed by atoms with Crippen molar-refractivity contribution in [1.29, 1.82) is 0 Å². The Morgan fingerprint density at radius 1 is 1.00 bits per heavy atom. The first-order chi connectivity index (χ1) is 15.1. The second-order valence-corrected chi connectivity index (χ2v) is 11.0. The lowest BCUT2D eigenvalue weighted by atomic mass is 9.83. The molecule has 2 N–H and O–H groups in total. The Labute approximate surface area is 187 Å². The van der Waals surface area contributed by atoms with Crippen LogP contribution in [-0.4, -0.2) is 54.7 Å². The Balaban J connectivity index is 1.48. The van der Waals surface area contributed by atoms with E-state index in [1.807, 2.05) is 0 Å². The molecule has 2 atom stereocenters. The smallest absolute Gasteiger partial charge is 0.342 e. The number of sulfonamides is 1. The van der Waals surface area contributed by atoms with Gasteiger partial charge in [-0.05, 0) is 56.7 Å². The molecule has 0 unspecified atom stereocenters. The largest absolute Gasteiger partial charge is 0.416 e. The minimum atomic E-state index is -4.61. The topological polar surface area (TPSA) is 83.7 Å². The number of hydrogen-bond donors (Lipinski definition) is 1. The molecule has 0 spiro atoms. The third kappa shape index (κ3) is 4.82. The molecule has 1 aromatic rings. The molecule has 0 radical (unpaired) electrons. The number of rotatable bonds is 5. The first-order valence-electron chi connectivity index (χ1n) is 11.3. The van der Waals surface area contributed by atoms with Gasteiger partial charge in [0.25, 0.3) is 0 Å². The van der Waals surface area contributed by atoms with Gasteiger partial charge in [-0.15, -0.1) is 0 Å². The summed E-state index contributed by atoms with van der Waals surface area (Å²) in [6.07, 6.45) is 1.41. The summed E-state index contributed by atoms with van der Waals surface area (Å²) >= 11 is 0. The van der Waals surface area contributed by atoms with Gasteiger partial charge in [-0.25, -0.2) is 8.42 Å². The number of alkyl halides is 3. The van der Waals surface area contributed by atoms with Crippen LogP contribution in [-0.2, 0) is 21.0 Å². The van der Waals surface area contributed by atoms with E-state index < -0.39 is 21.8 Å². The van der Waals surface area contributed by atoms with E-state index in [0.717, 1.165) is 37.8 Å². The van der Waals surface area contributed by atoms with Crippen LogP contribution in [0.5, 0.6) is 0 Å². The van der Waals surface area contributed by atoms with Crippen LogP contribution in [0, 0.1) is 5.92 Å². The summed E-state index contributed by atoms with van der Waals surface area (Å²) in [4.78, 5) is 14.4. The van der Waals surface area contributed by atoms with Crippen molar-refractivity contribution in [2.24, 2.45) is 11.7 Å². The summed E-state index contributed by atoms with van der Waals surface area (Å²) in [5.41, 5.74) is 5.19. The summed E-state index contributed by atoms with van der Waals surface area (Å²) in [6.45, 7) is 0.877. The Morgan fingerprint density at radius 2 is 1.62 bits per heavy atom. The normalized spacial score (nSPS) is 25.8. The first-order valence-corrected chi connectivity index (χ1v) is 12.8. The van der Waals surface area contributed by atoms with Gasteiger partial charge in [0.1, 0.15) is 0 Å². The van der Waals surface area contributed by atoms with Gasteiger partial charge < -0.3 is 10.6 Å². The SMILES string of the molecule is N[C@@H]1CCCC[C@@H]1C(=O)N1CCC(N(C2CC2)S(=O)(=O)c2cccc(C(F)(F)F)c2)CC1. The molecule has 0 bridgehead atoms. The molecular weight excluding hydrogens is 443 g/mol. The molecular formula is C22H30F3N3O3S. The molecule has 6 nitrogen and oxygen atoms in total. The van der Waals surface area contributed by atoms with Gasteiger partial charge in [0.2, 0.25) is 15.9 Å². The molecule has 10 heteroatoms. The summed E-state index contributed by atoms with van der Waals surface area (Å²) < 4.78 is 67.5. The van der Waals surface area contributed by atoms with E-state index in [2.05, 4.69) is 0 Å². The van der Waals surface area contributed by atoms with Crippen molar-refractivity contribution in [2.75, 3.05) is 13.1 Å². The van der Waals surface area contributed by atoms with Gasteiger partial charge >= 0.3 is 6.18 Å². The zero-order valence-electron chi connectivity index (χ0n) is 17.9. The molecule has 1 amide bonds. The average molecular weight is 474 g/mol. The summed E-state index contributed by atoms with van der Waals surface area (Å²) in [5, 5.41) is 0. The molecule has 3 aliphatic rings. The fourth-order valence-corrected chi connectivity index (χ4v) is 6.99. The number of amides is 1. The fraction of sp³-hybridized carbons (Fsp3) is 0.682. The summed E-state index contributed by atoms with van der Waals surface area (Å²) in [6, 6.07) is 3.31. The lowest BCUT2D eigenvalue weighted by Gasteiger charge is -2.40. The number of hydrogen-bond acceptors (Lipinski definition) is 4. The third-order valence-corrected chi connectivity index (χ3v) is 8.92. The minimum absolute atomic E-state index is 0.0503.